The van der Waals surface area contributed by atoms with Crippen LogP contribution in [0.3, 0.4) is 0 Å². The minimum absolute atomic E-state index is 0.0947. The van der Waals surface area contributed by atoms with Crippen LogP contribution < -0.4 is 4.90 Å². The molecule has 0 aromatic heterocycles. The first-order valence-electron chi connectivity index (χ1n) is 16.6. The Kier molecular flexibility index (Phi) is 9.62. The van der Waals surface area contributed by atoms with Crippen molar-refractivity contribution in [2.24, 2.45) is 17.8 Å². The van der Waals surface area contributed by atoms with E-state index in [1.165, 1.54) is 0 Å². The van der Waals surface area contributed by atoms with E-state index in [9.17, 15) is 14.7 Å². The summed E-state index contributed by atoms with van der Waals surface area (Å²) >= 11 is 0. The zero-order valence-electron chi connectivity index (χ0n) is 27.9. The lowest BCUT2D eigenvalue weighted by Crippen LogP contribution is -2.59. The summed E-state index contributed by atoms with van der Waals surface area (Å²) in [6, 6.07) is 13.8. The van der Waals surface area contributed by atoms with Crippen molar-refractivity contribution in [2.45, 2.75) is 77.2 Å². The number of aryl methyl sites for hydroxylation is 2. The van der Waals surface area contributed by atoms with E-state index < -0.39 is 35.1 Å². The Morgan fingerprint density at radius 2 is 1.72 bits per heavy atom. The van der Waals surface area contributed by atoms with Gasteiger partial charge in [-0.05, 0) is 62.6 Å². The average Bonchev–Trinajstić information content (AvgIpc) is 3.55. The Bertz CT molecular complexity index is 1470. The van der Waals surface area contributed by atoms with Gasteiger partial charge in [-0.3, -0.25) is 14.4 Å². The number of carbonyl (C=O) groups excluding carboxylic acids is 3. The predicted molar refractivity (Wildman–Crippen MR) is 180 cm³/mol. The Balaban J connectivity index is 1.69. The van der Waals surface area contributed by atoms with Crippen molar-refractivity contribution in [3.8, 4) is 0 Å². The molecule has 7 atom stereocenters. The van der Waals surface area contributed by atoms with Crippen LogP contribution in [0.4, 0.5) is 5.69 Å². The monoisotopic (exact) mass is 627 g/mol. The highest BCUT2D eigenvalue weighted by Gasteiger charge is 2.80. The van der Waals surface area contributed by atoms with E-state index in [0.29, 0.717) is 25.9 Å². The largest absolute Gasteiger partial charge is 0.394 e. The molecular weight excluding hydrogens is 578 g/mol. The molecule has 2 aromatic carbocycles. The van der Waals surface area contributed by atoms with Crippen LogP contribution in [0.1, 0.15) is 50.3 Å². The number of hydrogen-bond acceptors (Lipinski definition) is 5. The Hall–Kier alpha value is -3.75. The molecule has 246 valence electrons. The third-order valence-electron chi connectivity index (χ3n) is 10.6. The standard InChI is InChI=1S/C38H49N3O5/c1-8-19-39(20-9-2)34(43)30-31-35(44)41(29(24-42)22-28-17-12-11-13-18-28)33(38(31)23-27(6)37(30,7)46-38)36(45)40(21-10-3)32-25(4)15-14-16-26(32)5/h8,10-18,27,29-31,33,42H,1,3,9,19-24H2,2,4-7H3/t27?,29-,30+,31+,33?,37-,38?/m1/s1. The predicted octanol–water partition coefficient (Wildman–Crippen LogP) is 4.86. The van der Waals surface area contributed by atoms with Gasteiger partial charge in [0.1, 0.15) is 11.6 Å². The second-order valence-electron chi connectivity index (χ2n) is 13.5. The van der Waals surface area contributed by atoms with Crippen molar-refractivity contribution >= 4 is 23.4 Å². The number of anilines is 1. The molecule has 3 aliphatic rings. The van der Waals surface area contributed by atoms with Gasteiger partial charge in [0.05, 0.1) is 30.1 Å². The molecule has 3 saturated heterocycles. The van der Waals surface area contributed by atoms with Gasteiger partial charge in [-0.2, -0.15) is 0 Å². The van der Waals surface area contributed by atoms with Crippen LogP contribution in [-0.2, 0) is 25.5 Å². The van der Waals surface area contributed by atoms with Crippen LogP contribution >= 0.6 is 0 Å². The molecule has 1 N–H and O–H groups in total. The summed E-state index contributed by atoms with van der Waals surface area (Å²) in [5.74, 6) is -2.49. The minimum atomic E-state index is -1.24. The smallest absolute Gasteiger partial charge is 0.253 e. The van der Waals surface area contributed by atoms with Crippen molar-refractivity contribution in [1.29, 1.82) is 0 Å². The molecule has 5 rings (SSSR count). The van der Waals surface area contributed by atoms with E-state index >= 15 is 4.79 Å². The van der Waals surface area contributed by atoms with Crippen LogP contribution in [0.25, 0.3) is 0 Å². The highest BCUT2D eigenvalue weighted by atomic mass is 16.5. The molecule has 3 aliphatic heterocycles. The molecule has 2 aromatic rings. The summed E-state index contributed by atoms with van der Waals surface area (Å²) < 4.78 is 7.04. The number of ether oxygens (including phenoxy) is 1. The van der Waals surface area contributed by atoms with Crippen LogP contribution in [0.15, 0.2) is 73.8 Å². The van der Waals surface area contributed by atoms with E-state index in [4.69, 9.17) is 4.74 Å². The van der Waals surface area contributed by atoms with Gasteiger partial charge in [-0.15, -0.1) is 13.2 Å². The molecule has 2 bridgehead atoms. The quantitative estimate of drug-likeness (QED) is 0.321. The molecule has 0 saturated carbocycles. The van der Waals surface area contributed by atoms with E-state index in [0.717, 1.165) is 28.8 Å². The van der Waals surface area contributed by atoms with Gasteiger partial charge < -0.3 is 24.5 Å². The Labute approximate surface area is 273 Å². The number of hydrogen-bond donors (Lipinski definition) is 1. The van der Waals surface area contributed by atoms with Crippen molar-refractivity contribution in [3.05, 3.63) is 90.5 Å². The van der Waals surface area contributed by atoms with Gasteiger partial charge in [0.25, 0.3) is 5.91 Å². The molecule has 46 heavy (non-hydrogen) atoms. The maximum absolute atomic E-state index is 15.2. The summed E-state index contributed by atoms with van der Waals surface area (Å²) in [5.41, 5.74) is 1.37. The molecule has 1 spiro atoms. The molecule has 8 nitrogen and oxygen atoms in total. The Morgan fingerprint density at radius 1 is 1.07 bits per heavy atom. The van der Waals surface area contributed by atoms with Gasteiger partial charge >= 0.3 is 0 Å². The lowest BCUT2D eigenvalue weighted by molar-refractivity contribution is -0.153. The third-order valence-corrected chi connectivity index (χ3v) is 10.6. The number of aliphatic hydroxyl groups excluding tert-OH is 1. The van der Waals surface area contributed by atoms with Gasteiger partial charge in [0.15, 0.2) is 0 Å². The molecule has 8 heteroatoms. The van der Waals surface area contributed by atoms with E-state index in [-0.39, 0.29) is 36.8 Å². The number of carbonyl (C=O) groups is 3. The van der Waals surface area contributed by atoms with Crippen molar-refractivity contribution in [2.75, 3.05) is 31.1 Å². The fourth-order valence-corrected chi connectivity index (χ4v) is 8.58. The number of aliphatic hydroxyl groups is 1. The number of amides is 3. The summed E-state index contributed by atoms with van der Waals surface area (Å²) in [5, 5.41) is 10.9. The summed E-state index contributed by atoms with van der Waals surface area (Å²) in [4.78, 5) is 49.7. The second kappa shape index (κ2) is 13.2. The minimum Gasteiger partial charge on any atom is -0.394 e. The van der Waals surface area contributed by atoms with Crippen molar-refractivity contribution < 1.29 is 24.2 Å². The van der Waals surface area contributed by atoms with E-state index in [2.05, 4.69) is 20.1 Å². The fourth-order valence-electron chi connectivity index (χ4n) is 8.58. The topological polar surface area (TPSA) is 90.4 Å². The zero-order valence-corrected chi connectivity index (χ0v) is 27.9. The number of likely N-dealkylation sites (tertiary alicyclic amines) is 1. The number of rotatable bonds is 13. The van der Waals surface area contributed by atoms with Gasteiger partial charge in [0, 0.05) is 25.3 Å². The van der Waals surface area contributed by atoms with Gasteiger partial charge in [-0.1, -0.05) is 74.5 Å². The van der Waals surface area contributed by atoms with Crippen LogP contribution in [0.2, 0.25) is 0 Å². The van der Waals surface area contributed by atoms with Crippen LogP contribution in [0, 0.1) is 31.6 Å². The number of fused-ring (bicyclic) bond motifs is 1. The van der Waals surface area contributed by atoms with Gasteiger partial charge in [0.2, 0.25) is 11.8 Å². The third kappa shape index (κ3) is 5.29. The zero-order chi connectivity index (χ0) is 33.4. The van der Waals surface area contributed by atoms with E-state index in [1.54, 1.807) is 26.9 Å². The van der Waals surface area contributed by atoms with Gasteiger partial charge in [-0.25, -0.2) is 0 Å². The molecule has 0 radical (unpaired) electrons. The SMILES string of the molecule is C=CCN(CCC)C(=O)[C@@H]1[C@H]2C(=O)N([C@@H](CO)Cc3ccccc3)C(C(=O)N(CC=C)c3c(C)cccc3C)C23CC(C)[C@@]1(C)O3. The normalized spacial score (nSPS) is 28.6. The molecular formula is C38H49N3O5. The fraction of sp³-hybridized carbons (Fsp3) is 0.500. The molecule has 0 aliphatic carbocycles. The van der Waals surface area contributed by atoms with Crippen LogP contribution in [-0.4, -0.2) is 82.2 Å². The Morgan fingerprint density at radius 3 is 2.30 bits per heavy atom. The molecule has 3 fully saturated rings. The number of nitrogens with zero attached hydrogens (tertiary/aromatic N) is 3. The van der Waals surface area contributed by atoms with Crippen LogP contribution in [0.5, 0.6) is 0 Å². The average molecular weight is 628 g/mol. The highest BCUT2D eigenvalue weighted by Crippen LogP contribution is 2.66. The molecule has 3 amide bonds. The van der Waals surface area contributed by atoms with Crippen molar-refractivity contribution in [3.63, 3.8) is 0 Å². The molecule has 3 unspecified atom stereocenters. The molecule has 3 heterocycles. The number of benzene rings is 2. The summed E-state index contributed by atoms with van der Waals surface area (Å²) in [6.45, 7) is 18.5. The maximum atomic E-state index is 15.2. The van der Waals surface area contributed by atoms with E-state index in [1.807, 2.05) is 76.2 Å². The summed E-state index contributed by atoms with van der Waals surface area (Å²) in [6.07, 6.45) is 4.95. The number of para-hydroxylation sites is 1. The lowest BCUT2D eigenvalue weighted by Gasteiger charge is -2.40. The highest BCUT2D eigenvalue weighted by molar-refractivity contribution is 6.06. The van der Waals surface area contributed by atoms with Crippen molar-refractivity contribution in [1.82, 2.24) is 9.80 Å². The second-order valence-corrected chi connectivity index (χ2v) is 13.5. The first-order chi connectivity index (χ1) is 22.0. The first-order valence-corrected chi connectivity index (χ1v) is 16.6. The lowest BCUT2D eigenvalue weighted by atomic mass is 9.62. The maximum Gasteiger partial charge on any atom is 0.253 e. The first kappa shape index (κ1) is 33.6. The summed E-state index contributed by atoms with van der Waals surface area (Å²) in [7, 11) is 0.